The van der Waals surface area contributed by atoms with E-state index in [9.17, 15) is 4.79 Å². The van der Waals surface area contributed by atoms with Crippen LogP contribution in [0.4, 0.5) is 0 Å². The molecule has 0 aromatic heterocycles. The molecular formula is C13H21NOS. The van der Waals surface area contributed by atoms with Gasteiger partial charge in [0.2, 0.25) is 5.91 Å². The van der Waals surface area contributed by atoms with Crippen LogP contribution in [0.2, 0.25) is 0 Å². The van der Waals surface area contributed by atoms with Gasteiger partial charge in [0.05, 0.1) is 0 Å². The lowest BCUT2D eigenvalue weighted by Crippen LogP contribution is -2.54. The van der Waals surface area contributed by atoms with Crippen LogP contribution in [0.15, 0.2) is 0 Å². The lowest BCUT2D eigenvalue weighted by molar-refractivity contribution is -0.120. The number of hydrogen-bond donors (Lipinski definition) is 1. The van der Waals surface area contributed by atoms with E-state index in [1.54, 1.807) is 0 Å². The largest absolute Gasteiger partial charge is 0.350 e. The third-order valence-electron chi connectivity index (χ3n) is 5.05. The molecule has 3 heteroatoms. The number of carbonyl (C=O) groups is 1. The second-order valence-electron chi connectivity index (χ2n) is 5.76. The predicted octanol–water partition coefficient (Wildman–Crippen LogP) is 2.72. The summed E-state index contributed by atoms with van der Waals surface area (Å²) < 4.78 is 0. The van der Waals surface area contributed by atoms with Crippen LogP contribution >= 0.6 is 11.8 Å². The summed E-state index contributed by atoms with van der Waals surface area (Å²) in [5.74, 6) is 2.85. The first-order valence-corrected chi connectivity index (χ1v) is 7.81. The molecule has 1 saturated carbocycles. The highest BCUT2D eigenvalue weighted by molar-refractivity contribution is 7.99. The van der Waals surface area contributed by atoms with Gasteiger partial charge in [-0.25, -0.2) is 0 Å². The summed E-state index contributed by atoms with van der Waals surface area (Å²) in [6.07, 6.45) is 9.81. The number of thioether (sulfide) groups is 1. The van der Waals surface area contributed by atoms with Crippen molar-refractivity contribution < 1.29 is 4.79 Å². The summed E-state index contributed by atoms with van der Waals surface area (Å²) in [6, 6.07) is 0. The fourth-order valence-electron chi connectivity index (χ4n) is 4.15. The quantitative estimate of drug-likeness (QED) is 0.704. The maximum absolute atomic E-state index is 11.9. The predicted molar refractivity (Wildman–Crippen MR) is 67.6 cm³/mol. The Hall–Kier alpha value is -0.180. The fourth-order valence-corrected chi connectivity index (χ4v) is 5.42. The minimum absolute atomic E-state index is 0.198. The Morgan fingerprint density at radius 1 is 1.00 bits per heavy atom. The molecule has 3 rings (SSSR count). The van der Waals surface area contributed by atoms with Crippen molar-refractivity contribution in [3.05, 3.63) is 0 Å². The molecule has 0 aromatic rings. The van der Waals surface area contributed by atoms with E-state index in [2.05, 4.69) is 17.1 Å². The minimum Gasteiger partial charge on any atom is -0.350 e. The Balaban J connectivity index is 1.91. The highest BCUT2D eigenvalue weighted by Gasteiger charge is 2.57. The normalized spacial score (nSPS) is 31.9. The molecule has 2 aliphatic heterocycles. The summed E-state index contributed by atoms with van der Waals surface area (Å²) in [4.78, 5) is 11.9. The van der Waals surface area contributed by atoms with Gasteiger partial charge in [-0.15, -0.1) is 0 Å². The Labute approximate surface area is 102 Å². The second kappa shape index (κ2) is 3.94. The molecule has 16 heavy (non-hydrogen) atoms. The lowest BCUT2D eigenvalue weighted by atomic mass is 9.61. The van der Waals surface area contributed by atoms with E-state index in [1.165, 1.54) is 56.5 Å². The van der Waals surface area contributed by atoms with Gasteiger partial charge in [0.15, 0.2) is 0 Å². The van der Waals surface area contributed by atoms with Gasteiger partial charge in [0.1, 0.15) is 0 Å². The van der Waals surface area contributed by atoms with Crippen LogP contribution in [-0.4, -0.2) is 23.0 Å². The Kier molecular flexibility index (Phi) is 2.69. The third kappa shape index (κ3) is 1.51. The van der Waals surface area contributed by atoms with Gasteiger partial charge in [-0.1, -0.05) is 19.3 Å². The van der Waals surface area contributed by atoms with E-state index >= 15 is 0 Å². The van der Waals surface area contributed by atoms with Crippen molar-refractivity contribution in [2.45, 2.75) is 56.9 Å². The molecule has 3 fully saturated rings. The highest BCUT2D eigenvalue weighted by Crippen LogP contribution is 2.55. The molecule has 90 valence electrons. The molecule has 0 unspecified atom stereocenters. The van der Waals surface area contributed by atoms with Gasteiger partial charge in [0.25, 0.3) is 0 Å². The summed E-state index contributed by atoms with van der Waals surface area (Å²) >= 11 is 2.07. The first kappa shape index (κ1) is 10.9. The molecule has 1 amide bonds. The standard InChI is InChI=1S/C13H21NOS/c15-11-10-12(6-8-16-9-7-12)13(14-11)4-2-1-3-5-13/h1-10H2,(H,14,15). The van der Waals surface area contributed by atoms with Crippen molar-refractivity contribution in [1.29, 1.82) is 0 Å². The summed E-state index contributed by atoms with van der Waals surface area (Å²) in [5, 5.41) is 3.38. The van der Waals surface area contributed by atoms with Crippen LogP contribution in [0.1, 0.15) is 51.4 Å². The van der Waals surface area contributed by atoms with Crippen molar-refractivity contribution in [2.24, 2.45) is 5.41 Å². The van der Waals surface area contributed by atoms with E-state index in [4.69, 9.17) is 0 Å². The van der Waals surface area contributed by atoms with Gasteiger partial charge < -0.3 is 5.32 Å². The molecule has 0 aromatic carbocycles. The highest BCUT2D eigenvalue weighted by atomic mass is 32.2. The molecule has 2 heterocycles. The van der Waals surface area contributed by atoms with Gasteiger partial charge >= 0.3 is 0 Å². The topological polar surface area (TPSA) is 29.1 Å². The average molecular weight is 239 g/mol. The molecule has 0 atom stereocenters. The molecule has 0 bridgehead atoms. The van der Waals surface area contributed by atoms with Crippen LogP contribution in [0.3, 0.4) is 0 Å². The van der Waals surface area contributed by atoms with Crippen LogP contribution in [0.5, 0.6) is 0 Å². The van der Waals surface area contributed by atoms with Crippen molar-refractivity contribution in [3.63, 3.8) is 0 Å². The maximum Gasteiger partial charge on any atom is 0.221 e. The van der Waals surface area contributed by atoms with Crippen molar-refractivity contribution >= 4 is 17.7 Å². The molecule has 0 radical (unpaired) electrons. The van der Waals surface area contributed by atoms with Crippen molar-refractivity contribution in [2.75, 3.05) is 11.5 Å². The van der Waals surface area contributed by atoms with E-state index in [0.29, 0.717) is 11.3 Å². The molecule has 1 aliphatic carbocycles. The third-order valence-corrected chi connectivity index (χ3v) is 6.04. The smallest absolute Gasteiger partial charge is 0.221 e. The Morgan fingerprint density at radius 3 is 2.38 bits per heavy atom. The summed E-state index contributed by atoms with van der Waals surface area (Å²) in [5.41, 5.74) is 0.527. The molecule has 2 nitrogen and oxygen atoms in total. The van der Waals surface area contributed by atoms with E-state index in [0.717, 1.165) is 6.42 Å². The number of fused-ring (bicyclic) bond motifs is 1. The molecule has 2 saturated heterocycles. The number of carbonyl (C=O) groups excluding carboxylic acids is 1. The molecule has 1 N–H and O–H groups in total. The fraction of sp³-hybridized carbons (Fsp3) is 0.923. The van der Waals surface area contributed by atoms with Crippen LogP contribution in [0.25, 0.3) is 0 Å². The lowest BCUT2D eigenvalue weighted by Gasteiger charge is -2.49. The van der Waals surface area contributed by atoms with Crippen LogP contribution in [0, 0.1) is 5.41 Å². The summed E-state index contributed by atoms with van der Waals surface area (Å²) in [7, 11) is 0. The Morgan fingerprint density at radius 2 is 1.69 bits per heavy atom. The van der Waals surface area contributed by atoms with Gasteiger partial charge in [-0.2, -0.15) is 11.8 Å². The zero-order chi connectivity index (χ0) is 11.1. The molecule has 2 spiro atoms. The van der Waals surface area contributed by atoms with E-state index in [1.807, 2.05) is 0 Å². The minimum atomic E-state index is 0.198. The number of amides is 1. The first-order valence-electron chi connectivity index (χ1n) is 6.65. The number of nitrogens with one attached hydrogen (secondary N) is 1. The first-order chi connectivity index (χ1) is 7.77. The second-order valence-corrected chi connectivity index (χ2v) is 6.99. The Bertz CT molecular complexity index is 262. The van der Waals surface area contributed by atoms with Crippen molar-refractivity contribution in [3.8, 4) is 0 Å². The summed E-state index contributed by atoms with van der Waals surface area (Å²) in [6.45, 7) is 0. The molecular weight excluding hydrogens is 218 g/mol. The SMILES string of the molecule is O=C1CC2(CCSCC2)C2(CCCCC2)N1. The van der Waals surface area contributed by atoms with Crippen LogP contribution < -0.4 is 5.32 Å². The van der Waals surface area contributed by atoms with Crippen LogP contribution in [-0.2, 0) is 4.79 Å². The average Bonchev–Trinajstić information content (AvgIpc) is 2.53. The van der Waals surface area contributed by atoms with Gasteiger partial charge in [0, 0.05) is 17.4 Å². The van der Waals surface area contributed by atoms with Gasteiger partial charge in [-0.05, 0) is 37.2 Å². The van der Waals surface area contributed by atoms with Gasteiger partial charge in [-0.3, -0.25) is 4.79 Å². The maximum atomic E-state index is 11.9. The zero-order valence-electron chi connectivity index (χ0n) is 9.89. The number of hydrogen-bond acceptors (Lipinski definition) is 2. The van der Waals surface area contributed by atoms with E-state index in [-0.39, 0.29) is 5.54 Å². The van der Waals surface area contributed by atoms with E-state index < -0.39 is 0 Å². The molecule has 3 aliphatic rings. The zero-order valence-corrected chi connectivity index (χ0v) is 10.7. The van der Waals surface area contributed by atoms with Crippen molar-refractivity contribution in [1.82, 2.24) is 5.32 Å². The monoisotopic (exact) mass is 239 g/mol. The number of rotatable bonds is 0.